The molecule has 0 aromatic heterocycles. The third-order valence-corrected chi connectivity index (χ3v) is 20.1. The first-order chi connectivity index (χ1) is 48.0. The van der Waals surface area contributed by atoms with Crippen LogP contribution >= 0.6 is 0 Å². The highest BCUT2D eigenvalue weighted by Crippen LogP contribution is 2.60. The lowest BCUT2D eigenvalue weighted by molar-refractivity contribution is -0.238. The number of carbonyl (C=O) groups is 13. The third-order valence-electron chi connectivity index (χ3n) is 20.1. The summed E-state index contributed by atoms with van der Waals surface area (Å²) in [4.78, 5) is 137. The van der Waals surface area contributed by atoms with Crippen molar-refractivity contribution < 1.29 is 141 Å². The highest BCUT2D eigenvalue weighted by atomic mass is 19.4. The SMILES string of the molecule is C=C(C)C(=O)OCC(=O)O.C=C(C)C(=O)OCCC(=O)O.C=C(C)C(=O)OCCCC(=O)O.CC1(C(=O)O)CC2C=CC1C2.O=C(O)C1(C(F)(F)F)CC2C=CC1C2.O=C(O)C1=CC2C=CC1C2.O=C(O)C1CC2C=CC1C2.O=C(O)CC1(C(=O)O)CC2C=CC1C2.O=C(O)CC1CC2C=CC1C2. The third kappa shape index (κ3) is 24.5. The summed E-state index contributed by atoms with van der Waals surface area (Å²) in [5, 5.41) is 85.9. The molecule has 12 aliphatic carbocycles. The van der Waals surface area contributed by atoms with Gasteiger partial charge < -0.3 is 65.3 Å². The fourth-order valence-electron chi connectivity index (χ4n) is 14.8. The fourth-order valence-corrected chi connectivity index (χ4v) is 14.8. The number of allylic oxidation sites excluding steroid dienone is 13. The van der Waals surface area contributed by atoms with E-state index in [0.29, 0.717) is 84.2 Å². The molecule has 5 saturated carbocycles. The summed E-state index contributed by atoms with van der Waals surface area (Å²) in [5.74, 6) is -7.97. The quantitative estimate of drug-likeness (QED) is 0.0168. The first-order valence-corrected chi connectivity index (χ1v) is 33.6. The molecule has 103 heavy (non-hydrogen) atoms. The summed E-state index contributed by atoms with van der Waals surface area (Å²) < 4.78 is 51.5. The average Bonchev–Trinajstić information content (AvgIpc) is 1.60. The van der Waals surface area contributed by atoms with Crippen molar-refractivity contribution in [1.29, 1.82) is 0 Å². The van der Waals surface area contributed by atoms with Crippen molar-refractivity contribution in [2.75, 3.05) is 19.8 Å². The second-order valence-corrected chi connectivity index (χ2v) is 28.0. The van der Waals surface area contributed by atoms with Gasteiger partial charge in [-0.15, -0.1) is 0 Å². The zero-order chi connectivity index (χ0) is 77.6. The van der Waals surface area contributed by atoms with Crippen LogP contribution in [0.2, 0.25) is 0 Å². The van der Waals surface area contributed by atoms with E-state index in [1.165, 1.54) is 26.3 Å². The van der Waals surface area contributed by atoms with E-state index < -0.39 is 113 Å². The molecule has 0 amide bonds. The lowest BCUT2D eigenvalue weighted by Crippen LogP contribution is -2.48. The number of hydrogen-bond acceptors (Lipinski definition) is 16. The van der Waals surface area contributed by atoms with Gasteiger partial charge in [0.2, 0.25) is 0 Å². The zero-order valence-corrected chi connectivity index (χ0v) is 57.8. The Balaban J connectivity index is 0.000000246. The summed E-state index contributed by atoms with van der Waals surface area (Å²) in [6.07, 6.45) is 29.9. The molecular formula is C74H93F3O26. The minimum Gasteiger partial charge on any atom is -0.481 e. The van der Waals surface area contributed by atoms with Gasteiger partial charge in [0.05, 0.1) is 36.2 Å². The predicted octanol–water partition coefficient (Wildman–Crippen LogP) is 10.9. The van der Waals surface area contributed by atoms with Crippen molar-refractivity contribution in [1.82, 2.24) is 0 Å². The number of carboxylic acid groups (broad SMARTS) is 10. The lowest BCUT2D eigenvalue weighted by atomic mass is 9.73. The molecule has 0 radical (unpaired) electrons. The molecule has 12 rings (SSSR count). The molecule has 26 nitrogen and oxygen atoms in total. The van der Waals surface area contributed by atoms with E-state index in [1.807, 2.05) is 31.2 Å². The largest absolute Gasteiger partial charge is 0.481 e. The van der Waals surface area contributed by atoms with E-state index >= 15 is 0 Å². The minimum absolute atomic E-state index is 0.0173. The first kappa shape index (κ1) is 85.7. The van der Waals surface area contributed by atoms with Gasteiger partial charge >= 0.3 is 83.8 Å². The Bertz CT molecular complexity index is 3460. The Labute approximate surface area is 592 Å². The molecule has 0 aliphatic heterocycles. The van der Waals surface area contributed by atoms with Crippen LogP contribution in [0.5, 0.6) is 0 Å². The number of rotatable bonds is 21. The van der Waals surface area contributed by atoms with Gasteiger partial charge in [0.25, 0.3) is 0 Å². The summed E-state index contributed by atoms with van der Waals surface area (Å²) in [5.41, 5.74) is -2.63. The highest BCUT2D eigenvalue weighted by molar-refractivity contribution is 5.90. The van der Waals surface area contributed by atoms with Gasteiger partial charge in [-0.2, -0.15) is 13.2 Å². The Morgan fingerprint density at radius 3 is 1.26 bits per heavy atom. The van der Waals surface area contributed by atoms with Crippen molar-refractivity contribution in [2.24, 2.45) is 99.1 Å². The highest BCUT2D eigenvalue weighted by Gasteiger charge is 2.69. The van der Waals surface area contributed by atoms with Gasteiger partial charge in [-0.05, 0) is 170 Å². The van der Waals surface area contributed by atoms with Crippen LogP contribution in [0.25, 0.3) is 0 Å². The van der Waals surface area contributed by atoms with Gasteiger partial charge in [-0.25, -0.2) is 24.0 Å². The van der Waals surface area contributed by atoms with Gasteiger partial charge in [0.15, 0.2) is 12.0 Å². The molecule has 10 N–H and O–H groups in total. The number of alkyl halides is 3. The van der Waals surface area contributed by atoms with Crippen LogP contribution in [0.1, 0.15) is 130 Å². The molecule has 0 heterocycles. The number of halogens is 3. The Hall–Kier alpha value is -9.70. The number of aliphatic carboxylic acids is 10. The van der Waals surface area contributed by atoms with Crippen LogP contribution in [-0.4, -0.2) is 155 Å². The molecule has 0 aromatic carbocycles. The molecule has 17 unspecified atom stereocenters. The van der Waals surface area contributed by atoms with Gasteiger partial charge in [0, 0.05) is 47.0 Å². The molecule has 29 heteroatoms. The molecule has 17 atom stereocenters. The number of fused-ring (bicyclic) bond motifs is 12. The number of carboxylic acids is 10. The molecule has 12 bridgehead atoms. The Morgan fingerprint density at radius 2 is 0.971 bits per heavy atom. The fraction of sp³-hybridized carbons (Fsp3) is 0.554. The Morgan fingerprint density at radius 1 is 0.476 bits per heavy atom. The van der Waals surface area contributed by atoms with Crippen LogP contribution in [-0.2, 0) is 76.5 Å². The van der Waals surface area contributed by atoms with Crippen LogP contribution < -0.4 is 0 Å². The van der Waals surface area contributed by atoms with E-state index in [-0.39, 0.29) is 79.6 Å². The summed E-state index contributed by atoms with van der Waals surface area (Å²) in [7, 11) is 0. The van der Waals surface area contributed by atoms with Crippen molar-refractivity contribution in [3.05, 3.63) is 121 Å². The van der Waals surface area contributed by atoms with Crippen molar-refractivity contribution in [3.8, 4) is 0 Å². The standard InChI is InChI=1S/C10H12O4.C9H9F3O2.2C9H12O2.C8H12O4.C8H10O2.C8H8O2.C7H10O4.C6H8O4/c11-8(12)5-10(9(13)14)4-6-1-2-7(10)3-6;10-9(11,12)8(7(13)14)4-5-1-2-6(8)3-5;1-9(8(10)11)5-6-2-3-7(9)4-6;10-9(11)5-8-4-6-1-2-7(8)3-6;1-6(2)8(11)12-5-3-4-7(9)10;2*9-8(10)7-4-5-1-2-6(7)3-5;1-5(2)7(10)11-4-3-6(8)9;1-4(2)6(9)10-3-5(7)8/h1-2,6-7H,3-5H2,(H,11,12)(H,13,14);1-2,5-6H,3-4H2,(H,13,14);2-3,6-7H,4-5H2,1H3,(H,10,11);1-2,6-8H,3-5H2,(H,10,11);1,3-5H2,2H3,(H,9,10);1-2,5-7H,3-4H2,(H,9,10);1-2,4-6H,3H2,(H,9,10);1,3-4H2,2H3,(H,8,9);1,3H2,2H3,(H,7,8). The van der Waals surface area contributed by atoms with Crippen LogP contribution in [0.3, 0.4) is 0 Å². The first-order valence-electron chi connectivity index (χ1n) is 33.6. The predicted molar refractivity (Wildman–Crippen MR) is 358 cm³/mol. The number of ether oxygens (including phenoxy) is 3. The smallest absolute Gasteiger partial charge is 0.405 e. The van der Waals surface area contributed by atoms with E-state index in [0.717, 1.165) is 44.9 Å². The van der Waals surface area contributed by atoms with Crippen molar-refractivity contribution >= 4 is 77.6 Å². The average molecular weight is 1460 g/mol. The summed E-state index contributed by atoms with van der Waals surface area (Å²) in [6.45, 7) is 15.8. The maximum Gasteiger partial charge on any atom is 0.405 e. The normalized spacial score (nSPS) is 30.3. The number of esters is 3. The molecule has 0 saturated heterocycles. The zero-order valence-electron chi connectivity index (χ0n) is 57.8. The van der Waals surface area contributed by atoms with Crippen LogP contribution in [0.4, 0.5) is 13.2 Å². The van der Waals surface area contributed by atoms with Crippen molar-refractivity contribution in [2.45, 2.75) is 137 Å². The molecule has 5 fully saturated rings. The summed E-state index contributed by atoms with van der Waals surface area (Å²) in [6, 6.07) is 0. The molecule has 566 valence electrons. The summed E-state index contributed by atoms with van der Waals surface area (Å²) >= 11 is 0. The van der Waals surface area contributed by atoms with Crippen LogP contribution in [0, 0.1) is 99.1 Å². The molecular weight excluding hydrogens is 1360 g/mol. The van der Waals surface area contributed by atoms with Gasteiger partial charge in [-0.1, -0.05) is 98.7 Å². The van der Waals surface area contributed by atoms with E-state index in [1.54, 1.807) is 13.0 Å². The maximum atomic E-state index is 12.7. The maximum absolute atomic E-state index is 12.7. The molecule has 0 spiro atoms. The van der Waals surface area contributed by atoms with Crippen molar-refractivity contribution in [3.63, 3.8) is 0 Å². The number of hydrogen-bond donors (Lipinski definition) is 10. The Kier molecular flexibility index (Phi) is 31.6. The number of carbonyl (C=O) groups excluding carboxylic acids is 3. The monoisotopic (exact) mass is 1450 g/mol. The van der Waals surface area contributed by atoms with Crippen LogP contribution in [0.15, 0.2) is 121 Å². The van der Waals surface area contributed by atoms with E-state index in [2.05, 4.69) is 76.5 Å². The van der Waals surface area contributed by atoms with E-state index in [4.69, 9.17) is 51.1 Å². The minimum atomic E-state index is -4.65. The second kappa shape index (κ2) is 38.0. The molecule has 0 aromatic rings. The second-order valence-electron chi connectivity index (χ2n) is 28.0. The van der Waals surface area contributed by atoms with Gasteiger partial charge in [0.1, 0.15) is 6.61 Å². The van der Waals surface area contributed by atoms with Gasteiger partial charge in [-0.3, -0.25) is 38.4 Å². The molecule has 12 aliphatic rings. The lowest BCUT2D eigenvalue weighted by Gasteiger charge is -2.32. The topological polar surface area (TPSA) is 452 Å². The van der Waals surface area contributed by atoms with E-state index in [9.17, 15) is 75.5 Å².